The van der Waals surface area contributed by atoms with Crippen molar-refractivity contribution in [3.8, 4) is 5.75 Å². The first-order chi connectivity index (χ1) is 6.86. The van der Waals surface area contributed by atoms with Crippen LogP contribution in [0.25, 0.3) is 0 Å². The Morgan fingerprint density at radius 3 is 2.53 bits per heavy atom. The van der Waals surface area contributed by atoms with Crippen LogP contribution in [0.15, 0.2) is 17.2 Å². The molecule has 0 unspecified atom stereocenters. The zero-order valence-electron chi connectivity index (χ0n) is 7.45. The van der Waals surface area contributed by atoms with Gasteiger partial charge in [0.25, 0.3) is 15.5 Å². The fraction of sp³-hybridized carbons (Fsp3) is 0.286. The average Bonchev–Trinajstić information content (AvgIpc) is 2.15. The van der Waals surface area contributed by atoms with Gasteiger partial charge in [-0.3, -0.25) is 4.98 Å². The highest BCUT2D eigenvalue weighted by atomic mass is 35.7. The summed E-state index contributed by atoms with van der Waals surface area (Å²) in [7, 11) is 2.14. The molecule has 0 spiro atoms. The number of rotatable bonds is 3. The highest BCUT2D eigenvalue weighted by Crippen LogP contribution is 2.29. The summed E-state index contributed by atoms with van der Waals surface area (Å²) in [5.74, 6) is -0.254. The van der Waals surface area contributed by atoms with Crippen LogP contribution in [0.1, 0.15) is 12.1 Å². The van der Waals surface area contributed by atoms with Crippen molar-refractivity contribution >= 4 is 19.7 Å². The van der Waals surface area contributed by atoms with Gasteiger partial charge in [-0.2, -0.15) is 0 Å². The number of halogens is 3. The number of aromatic nitrogens is 1. The van der Waals surface area contributed by atoms with Crippen molar-refractivity contribution in [2.24, 2.45) is 0 Å². The Balaban J connectivity index is 3.34. The lowest BCUT2D eigenvalue weighted by molar-refractivity contribution is 0.145. The fourth-order valence-corrected chi connectivity index (χ4v) is 1.81. The Kier molecular flexibility index (Phi) is 3.46. The molecule has 0 saturated carbocycles. The summed E-state index contributed by atoms with van der Waals surface area (Å²) in [6.07, 6.45) is -2.06. The first kappa shape index (κ1) is 12.1. The molecule has 0 aliphatic rings. The summed E-state index contributed by atoms with van der Waals surface area (Å²) in [6, 6.07) is 0.833. The fourth-order valence-electron chi connectivity index (χ4n) is 0.901. The van der Waals surface area contributed by atoms with Crippen LogP contribution in [0.3, 0.4) is 0 Å². The lowest BCUT2D eigenvalue weighted by Crippen LogP contribution is -2.00. The van der Waals surface area contributed by atoms with Gasteiger partial charge in [0, 0.05) is 16.7 Å². The zero-order valence-corrected chi connectivity index (χ0v) is 9.02. The van der Waals surface area contributed by atoms with Crippen molar-refractivity contribution in [2.75, 3.05) is 7.11 Å². The molecule has 0 fully saturated rings. The molecule has 0 aliphatic carbocycles. The maximum atomic E-state index is 12.2. The minimum Gasteiger partial charge on any atom is -0.495 e. The normalized spacial score (nSPS) is 11.8. The second kappa shape index (κ2) is 4.28. The third kappa shape index (κ3) is 2.75. The minimum absolute atomic E-state index is 0.254. The van der Waals surface area contributed by atoms with Gasteiger partial charge in [0.1, 0.15) is 16.3 Å². The van der Waals surface area contributed by atoms with Crippen LogP contribution in [0.5, 0.6) is 5.75 Å². The first-order valence-corrected chi connectivity index (χ1v) is 5.94. The van der Waals surface area contributed by atoms with E-state index in [2.05, 4.69) is 9.72 Å². The Morgan fingerprint density at radius 1 is 1.53 bits per heavy atom. The number of hydrogen-bond donors (Lipinski definition) is 0. The molecule has 0 aliphatic heterocycles. The predicted molar refractivity (Wildman–Crippen MR) is 48.8 cm³/mol. The van der Waals surface area contributed by atoms with Crippen LogP contribution in [-0.4, -0.2) is 20.5 Å². The van der Waals surface area contributed by atoms with Gasteiger partial charge in [-0.1, -0.05) is 0 Å². The van der Waals surface area contributed by atoms with Gasteiger partial charge in [-0.25, -0.2) is 17.2 Å². The molecule has 8 heteroatoms. The van der Waals surface area contributed by atoms with Crippen LogP contribution < -0.4 is 4.74 Å². The predicted octanol–water partition coefficient (Wildman–Crippen LogP) is 1.96. The molecule has 0 N–H and O–H groups in total. The van der Waals surface area contributed by atoms with E-state index < -0.39 is 26.1 Å². The number of alkyl halides is 2. The maximum Gasteiger partial charge on any atom is 0.280 e. The van der Waals surface area contributed by atoms with Gasteiger partial charge in [-0.15, -0.1) is 0 Å². The van der Waals surface area contributed by atoms with Crippen molar-refractivity contribution in [1.29, 1.82) is 0 Å². The Morgan fingerprint density at radius 2 is 2.13 bits per heavy atom. The van der Waals surface area contributed by atoms with Crippen LogP contribution >= 0.6 is 10.7 Å². The molecule has 0 bridgehead atoms. The molecule has 0 radical (unpaired) electrons. The molecular formula is C7H6ClF2NO3S. The number of methoxy groups -OCH3 is 1. The minimum atomic E-state index is -4.05. The largest absolute Gasteiger partial charge is 0.495 e. The number of nitrogens with zero attached hydrogens (tertiary/aromatic N) is 1. The Bertz CT molecular complexity index is 463. The summed E-state index contributed by atoms with van der Waals surface area (Å²) in [5.41, 5.74) is -0.573. The summed E-state index contributed by atoms with van der Waals surface area (Å²) in [4.78, 5) is 2.83. The number of pyridine rings is 1. The highest BCUT2D eigenvalue weighted by molar-refractivity contribution is 8.13. The van der Waals surface area contributed by atoms with Gasteiger partial charge in [0.05, 0.1) is 13.3 Å². The maximum absolute atomic E-state index is 12.2. The van der Waals surface area contributed by atoms with Crippen molar-refractivity contribution in [1.82, 2.24) is 4.98 Å². The molecule has 0 atom stereocenters. The van der Waals surface area contributed by atoms with E-state index in [1.807, 2.05) is 0 Å². The molecule has 1 rings (SSSR count). The Labute approximate surface area is 89.3 Å². The SMILES string of the molecule is COc1cc(C(F)F)ncc1S(=O)(=O)Cl. The van der Waals surface area contributed by atoms with Gasteiger partial charge >= 0.3 is 0 Å². The van der Waals surface area contributed by atoms with E-state index in [4.69, 9.17) is 10.7 Å². The van der Waals surface area contributed by atoms with Crippen molar-refractivity contribution in [3.05, 3.63) is 18.0 Å². The van der Waals surface area contributed by atoms with E-state index in [1.54, 1.807) is 0 Å². The van der Waals surface area contributed by atoms with E-state index in [0.29, 0.717) is 0 Å². The number of ether oxygens (including phenoxy) is 1. The van der Waals surface area contributed by atoms with Crippen molar-refractivity contribution in [3.63, 3.8) is 0 Å². The summed E-state index contributed by atoms with van der Waals surface area (Å²) >= 11 is 0. The third-order valence-corrected chi connectivity index (χ3v) is 2.89. The topological polar surface area (TPSA) is 56.3 Å². The van der Waals surface area contributed by atoms with Gasteiger partial charge in [0.2, 0.25) is 0 Å². The molecular weight excluding hydrogens is 252 g/mol. The highest BCUT2D eigenvalue weighted by Gasteiger charge is 2.20. The van der Waals surface area contributed by atoms with E-state index in [0.717, 1.165) is 19.4 Å². The second-order valence-corrected chi connectivity index (χ2v) is 5.03. The lowest BCUT2D eigenvalue weighted by Gasteiger charge is -2.06. The lowest BCUT2D eigenvalue weighted by atomic mass is 10.3. The molecule has 1 heterocycles. The third-order valence-electron chi connectivity index (χ3n) is 1.56. The smallest absolute Gasteiger partial charge is 0.280 e. The van der Waals surface area contributed by atoms with E-state index >= 15 is 0 Å². The number of hydrogen-bond acceptors (Lipinski definition) is 4. The van der Waals surface area contributed by atoms with E-state index in [9.17, 15) is 17.2 Å². The second-order valence-electron chi connectivity index (χ2n) is 2.50. The summed E-state index contributed by atoms with van der Waals surface area (Å²) in [6.45, 7) is 0. The van der Waals surface area contributed by atoms with Gasteiger partial charge in [0.15, 0.2) is 0 Å². The first-order valence-electron chi connectivity index (χ1n) is 3.63. The van der Waals surface area contributed by atoms with Crippen LogP contribution in [0.4, 0.5) is 8.78 Å². The molecule has 15 heavy (non-hydrogen) atoms. The monoisotopic (exact) mass is 257 g/mol. The molecule has 0 saturated heterocycles. The van der Waals surface area contributed by atoms with E-state index in [-0.39, 0.29) is 5.75 Å². The van der Waals surface area contributed by atoms with Gasteiger partial charge < -0.3 is 4.74 Å². The van der Waals surface area contributed by atoms with Crippen LogP contribution in [0.2, 0.25) is 0 Å². The molecule has 0 aromatic carbocycles. The molecule has 1 aromatic heterocycles. The molecule has 84 valence electrons. The van der Waals surface area contributed by atoms with Crippen molar-refractivity contribution < 1.29 is 21.9 Å². The van der Waals surface area contributed by atoms with Crippen LogP contribution in [-0.2, 0) is 9.05 Å². The van der Waals surface area contributed by atoms with Gasteiger partial charge in [-0.05, 0) is 0 Å². The van der Waals surface area contributed by atoms with Crippen LogP contribution in [0, 0.1) is 0 Å². The quantitative estimate of drug-likeness (QED) is 0.777. The zero-order chi connectivity index (χ0) is 11.6. The van der Waals surface area contributed by atoms with E-state index in [1.165, 1.54) is 0 Å². The summed E-state index contributed by atoms with van der Waals surface area (Å²) in [5, 5.41) is 0. The summed E-state index contributed by atoms with van der Waals surface area (Å²) < 4.78 is 51.0. The molecule has 0 amide bonds. The van der Waals surface area contributed by atoms with Crippen molar-refractivity contribution in [2.45, 2.75) is 11.3 Å². The average molecular weight is 258 g/mol. The Hall–Kier alpha value is -0.950. The molecule has 4 nitrogen and oxygen atoms in total. The standard InChI is InChI=1S/C7H6ClF2NO3S/c1-14-5-2-4(7(9)10)11-3-6(5)15(8,12)13/h2-3,7H,1H3. The molecule has 1 aromatic rings.